The number of hydrogen-bond donors (Lipinski definition) is 2. The highest BCUT2D eigenvalue weighted by molar-refractivity contribution is 5.68. The zero-order valence-electron chi connectivity index (χ0n) is 21.8. The fraction of sp³-hybridized carbons (Fsp3) is 0.846. The molecule has 3 fully saturated rings. The molecule has 1 aromatic rings. The molecule has 1 amide bonds. The SMILES string of the molecule is CCCCn1nnnc1C1(NCC23CC=CC(C2)OC3)CCC2(CC1)CC2NC(=O)OC(C)(C)C. The van der Waals surface area contributed by atoms with E-state index in [1.165, 1.54) is 0 Å². The Morgan fingerprint density at radius 1 is 1.26 bits per heavy atom. The Hall–Kier alpha value is -2.00. The maximum absolute atomic E-state index is 12.4. The molecule has 3 aliphatic carbocycles. The number of carbonyl (C=O) groups excluding carboxylic acids is 1. The van der Waals surface area contributed by atoms with E-state index in [2.05, 4.69) is 45.2 Å². The maximum Gasteiger partial charge on any atom is 0.407 e. The minimum absolute atomic E-state index is 0.156. The van der Waals surface area contributed by atoms with E-state index in [4.69, 9.17) is 9.47 Å². The summed E-state index contributed by atoms with van der Waals surface area (Å²) in [6.45, 7) is 10.4. The quantitative estimate of drug-likeness (QED) is 0.538. The Labute approximate surface area is 208 Å². The number of aryl methyl sites for hydroxylation is 1. The highest BCUT2D eigenvalue weighted by Gasteiger charge is 2.59. The Kier molecular flexibility index (Phi) is 6.45. The predicted molar refractivity (Wildman–Crippen MR) is 132 cm³/mol. The molecule has 3 unspecified atom stereocenters. The van der Waals surface area contributed by atoms with Crippen LogP contribution < -0.4 is 10.6 Å². The fourth-order valence-electron chi connectivity index (χ4n) is 6.33. The van der Waals surface area contributed by atoms with E-state index in [1.54, 1.807) is 0 Å². The first kappa shape index (κ1) is 24.7. The lowest BCUT2D eigenvalue weighted by molar-refractivity contribution is 0.0505. The van der Waals surface area contributed by atoms with Gasteiger partial charge in [-0.3, -0.25) is 0 Å². The van der Waals surface area contributed by atoms with Gasteiger partial charge in [-0.15, -0.1) is 5.10 Å². The number of hydrogen-bond acceptors (Lipinski definition) is 7. The summed E-state index contributed by atoms with van der Waals surface area (Å²) in [4.78, 5) is 12.4. The van der Waals surface area contributed by atoms with Crippen molar-refractivity contribution in [3.63, 3.8) is 0 Å². The molecule has 9 nitrogen and oxygen atoms in total. The van der Waals surface area contributed by atoms with Crippen molar-refractivity contribution < 1.29 is 14.3 Å². The minimum Gasteiger partial charge on any atom is -0.444 e. The second-order valence-corrected chi connectivity index (χ2v) is 12.5. The van der Waals surface area contributed by atoms with Crippen LogP contribution in [-0.2, 0) is 21.6 Å². The van der Waals surface area contributed by atoms with Crippen molar-refractivity contribution in [3.8, 4) is 0 Å². The second-order valence-electron chi connectivity index (χ2n) is 12.5. The Morgan fingerprint density at radius 3 is 2.80 bits per heavy atom. The largest absolute Gasteiger partial charge is 0.444 e. The molecule has 1 aromatic heterocycles. The highest BCUT2D eigenvalue weighted by atomic mass is 16.6. The lowest BCUT2D eigenvalue weighted by Gasteiger charge is -2.43. The first-order valence-corrected chi connectivity index (χ1v) is 13.5. The zero-order chi connectivity index (χ0) is 24.7. The van der Waals surface area contributed by atoms with Crippen LogP contribution in [0.4, 0.5) is 4.79 Å². The van der Waals surface area contributed by atoms with Crippen molar-refractivity contribution in [1.29, 1.82) is 0 Å². The first-order valence-electron chi connectivity index (χ1n) is 13.5. The number of nitrogens with zero attached hydrogens (tertiary/aromatic N) is 4. The van der Waals surface area contributed by atoms with Crippen molar-refractivity contribution in [2.24, 2.45) is 10.8 Å². The number of tetrazole rings is 1. The second kappa shape index (κ2) is 9.14. The molecule has 9 heteroatoms. The Bertz CT molecular complexity index is 945. The molecule has 1 spiro atoms. The molecular formula is C26H42N6O3. The molecule has 1 aliphatic heterocycles. The van der Waals surface area contributed by atoms with Gasteiger partial charge in [0.05, 0.1) is 18.2 Å². The van der Waals surface area contributed by atoms with Gasteiger partial charge in [0.15, 0.2) is 5.82 Å². The van der Waals surface area contributed by atoms with Gasteiger partial charge >= 0.3 is 6.09 Å². The van der Waals surface area contributed by atoms with Gasteiger partial charge in [0.25, 0.3) is 0 Å². The van der Waals surface area contributed by atoms with E-state index in [9.17, 15) is 4.79 Å². The zero-order valence-corrected chi connectivity index (χ0v) is 21.8. The molecular weight excluding hydrogens is 444 g/mol. The van der Waals surface area contributed by atoms with Crippen molar-refractivity contribution in [3.05, 3.63) is 18.0 Å². The van der Waals surface area contributed by atoms with Crippen LogP contribution in [0.1, 0.15) is 91.3 Å². The predicted octanol–water partition coefficient (Wildman–Crippen LogP) is 3.85. The van der Waals surface area contributed by atoms with Gasteiger partial charge < -0.3 is 20.1 Å². The van der Waals surface area contributed by atoms with Gasteiger partial charge in [-0.05, 0) is 88.0 Å². The molecule has 35 heavy (non-hydrogen) atoms. The number of allylic oxidation sites excluding steroid dienone is 1. The van der Waals surface area contributed by atoms with Gasteiger partial charge in [-0.2, -0.15) is 0 Å². The van der Waals surface area contributed by atoms with Gasteiger partial charge in [0.1, 0.15) is 5.60 Å². The Morgan fingerprint density at radius 2 is 2.06 bits per heavy atom. The average Bonchev–Trinajstić information content (AvgIpc) is 3.13. The van der Waals surface area contributed by atoms with Crippen LogP contribution in [0.3, 0.4) is 0 Å². The minimum atomic E-state index is -0.482. The standard InChI is InChI=1S/C26H42N6O3/c1-5-6-14-32-21(29-30-31-32)26(27-17-24-9-7-8-19(15-24)34-18-24)12-10-25(11-13-26)16-20(25)28-22(33)35-23(2,3)4/h7-8,19-20,27H,5-6,9-18H2,1-4H3,(H,28,33). The number of alkyl carbamates (subject to hydrolysis) is 1. The third-order valence-electron chi connectivity index (χ3n) is 8.60. The van der Waals surface area contributed by atoms with Gasteiger partial charge in [-0.25, -0.2) is 9.48 Å². The molecule has 1 saturated heterocycles. The van der Waals surface area contributed by atoms with Gasteiger partial charge in [0, 0.05) is 24.5 Å². The number of carbonyl (C=O) groups is 1. The van der Waals surface area contributed by atoms with Crippen LogP contribution in [0.2, 0.25) is 0 Å². The monoisotopic (exact) mass is 486 g/mol. The smallest absolute Gasteiger partial charge is 0.407 e. The maximum atomic E-state index is 12.4. The topological polar surface area (TPSA) is 103 Å². The number of unbranched alkanes of at least 4 members (excludes halogenated alkanes) is 1. The van der Waals surface area contributed by atoms with Crippen molar-refractivity contribution >= 4 is 6.09 Å². The number of aromatic nitrogens is 4. The molecule has 194 valence electrons. The molecule has 5 rings (SSSR count). The number of ether oxygens (including phenoxy) is 2. The summed E-state index contributed by atoms with van der Waals surface area (Å²) in [6.07, 6.45) is 13.8. The van der Waals surface area contributed by atoms with Crippen LogP contribution in [0, 0.1) is 10.8 Å². The van der Waals surface area contributed by atoms with Crippen LogP contribution >= 0.6 is 0 Å². The summed E-state index contributed by atoms with van der Waals surface area (Å²) in [5, 5.41) is 20.1. The fourth-order valence-corrected chi connectivity index (χ4v) is 6.33. The average molecular weight is 487 g/mol. The van der Waals surface area contributed by atoms with Crippen molar-refractivity contribution in [2.75, 3.05) is 13.2 Å². The summed E-state index contributed by atoms with van der Waals surface area (Å²) in [5.74, 6) is 0.969. The van der Waals surface area contributed by atoms with E-state index in [0.29, 0.717) is 0 Å². The lowest BCUT2D eigenvalue weighted by Crippen LogP contribution is -2.52. The summed E-state index contributed by atoms with van der Waals surface area (Å²) < 4.78 is 13.5. The molecule has 2 saturated carbocycles. The van der Waals surface area contributed by atoms with E-state index >= 15 is 0 Å². The van der Waals surface area contributed by atoms with Gasteiger partial charge in [-0.1, -0.05) is 25.5 Å². The number of nitrogens with one attached hydrogen (secondary N) is 2. The van der Waals surface area contributed by atoms with Crippen LogP contribution in [0.5, 0.6) is 0 Å². The normalized spacial score (nSPS) is 35.9. The highest BCUT2D eigenvalue weighted by Crippen LogP contribution is 2.59. The molecule has 0 aromatic carbocycles. The number of fused-ring (bicyclic) bond motifs is 2. The third-order valence-corrected chi connectivity index (χ3v) is 8.60. The first-order chi connectivity index (χ1) is 16.7. The van der Waals surface area contributed by atoms with E-state index in [0.717, 1.165) is 83.3 Å². The van der Waals surface area contributed by atoms with E-state index in [-0.39, 0.29) is 34.6 Å². The lowest BCUT2D eigenvalue weighted by atomic mass is 9.72. The van der Waals surface area contributed by atoms with Crippen molar-refractivity contribution in [2.45, 2.75) is 115 Å². The van der Waals surface area contributed by atoms with Crippen LogP contribution in [-0.4, -0.2) is 57.2 Å². The molecule has 0 radical (unpaired) electrons. The Balaban J connectivity index is 1.29. The van der Waals surface area contributed by atoms with Crippen LogP contribution in [0.15, 0.2) is 12.2 Å². The van der Waals surface area contributed by atoms with E-state index < -0.39 is 5.60 Å². The molecule has 4 aliphatic rings. The molecule has 2 N–H and O–H groups in total. The van der Waals surface area contributed by atoms with E-state index in [1.807, 2.05) is 25.5 Å². The third kappa shape index (κ3) is 5.12. The summed E-state index contributed by atoms with van der Waals surface area (Å²) in [5.41, 5.74) is -0.416. The van der Waals surface area contributed by atoms with Crippen LogP contribution in [0.25, 0.3) is 0 Å². The number of rotatable bonds is 8. The summed E-state index contributed by atoms with van der Waals surface area (Å²) in [7, 11) is 0. The van der Waals surface area contributed by atoms with Gasteiger partial charge in [0.2, 0.25) is 0 Å². The summed E-state index contributed by atoms with van der Waals surface area (Å²) in [6, 6.07) is 0.192. The number of amides is 1. The molecule has 2 heterocycles. The molecule has 3 atom stereocenters. The molecule has 2 bridgehead atoms. The summed E-state index contributed by atoms with van der Waals surface area (Å²) >= 11 is 0. The van der Waals surface area contributed by atoms with Crippen molar-refractivity contribution in [1.82, 2.24) is 30.8 Å².